The monoisotopic (exact) mass is 217 g/mol. The third kappa shape index (κ3) is 1.63. The van der Waals surface area contributed by atoms with E-state index >= 15 is 0 Å². The molecule has 0 unspecified atom stereocenters. The van der Waals surface area contributed by atoms with E-state index in [2.05, 4.69) is 24.3 Å². The lowest BCUT2D eigenvalue weighted by molar-refractivity contribution is 0.638. The average Bonchev–Trinajstić information content (AvgIpc) is 2.29. The van der Waals surface area contributed by atoms with Crippen LogP contribution in [-0.4, -0.2) is 5.48 Å². The van der Waals surface area contributed by atoms with Crippen LogP contribution in [0.1, 0.15) is 0 Å². The van der Waals surface area contributed by atoms with E-state index in [4.69, 9.17) is 4.52 Å². The molecular formula is C12H10O2P. The van der Waals surface area contributed by atoms with E-state index in [1.165, 1.54) is 16.4 Å². The molecule has 1 radical (unpaired) electrons. The van der Waals surface area contributed by atoms with Gasteiger partial charge in [-0.2, -0.15) is 0 Å². The van der Waals surface area contributed by atoms with Crippen molar-refractivity contribution in [1.29, 1.82) is 0 Å². The predicted molar refractivity (Wildman–Crippen MR) is 62.7 cm³/mol. The van der Waals surface area contributed by atoms with Crippen molar-refractivity contribution in [2.24, 2.45) is 0 Å². The fourth-order valence-corrected chi connectivity index (χ4v) is 2.44. The predicted octanol–water partition coefficient (Wildman–Crippen LogP) is 2.41. The number of para-hydroxylation sites is 1. The lowest BCUT2D eigenvalue weighted by atomic mass is 10.0. The van der Waals surface area contributed by atoms with Crippen LogP contribution in [0.5, 0.6) is 5.75 Å². The van der Waals surface area contributed by atoms with Crippen LogP contribution in [0.4, 0.5) is 0 Å². The van der Waals surface area contributed by atoms with Gasteiger partial charge in [0.15, 0.2) is 8.81 Å². The van der Waals surface area contributed by atoms with Gasteiger partial charge in [0.1, 0.15) is 5.75 Å². The summed E-state index contributed by atoms with van der Waals surface area (Å²) >= 11 is 0. The lowest BCUT2D eigenvalue weighted by Crippen LogP contribution is -2.06. The normalized spacial score (nSPS) is 13.3. The molecule has 0 aromatic heterocycles. The Morgan fingerprint density at radius 1 is 0.800 bits per heavy atom. The minimum atomic E-state index is 0. The molecule has 2 nitrogen and oxygen atoms in total. The number of fused-ring (bicyclic) bond motifs is 3. The van der Waals surface area contributed by atoms with Crippen LogP contribution in [0.3, 0.4) is 0 Å². The first-order chi connectivity index (χ1) is 6.95. The van der Waals surface area contributed by atoms with Gasteiger partial charge in [0.25, 0.3) is 0 Å². The van der Waals surface area contributed by atoms with Crippen LogP contribution in [0.25, 0.3) is 11.1 Å². The largest absolute Gasteiger partial charge is 0.460 e. The Morgan fingerprint density at radius 3 is 2.33 bits per heavy atom. The molecule has 0 saturated carbocycles. The first-order valence-corrected chi connectivity index (χ1v) is 5.33. The molecule has 0 fully saturated rings. The Balaban J connectivity index is 0.000000853. The molecule has 2 N–H and O–H groups in total. The molecule has 0 amide bonds. The van der Waals surface area contributed by atoms with Gasteiger partial charge in [-0.05, 0) is 11.6 Å². The smallest absolute Gasteiger partial charge is 0.188 e. The third-order valence-corrected chi connectivity index (χ3v) is 3.20. The topological polar surface area (TPSA) is 40.7 Å². The molecule has 1 aliphatic rings. The molecule has 75 valence electrons. The summed E-state index contributed by atoms with van der Waals surface area (Å²) in [6, 6.07) is 16.5. The van der Waals surface area contributed by atoms with Crippen LogP contribution in [0.15, 0.2) is 48.5 Å². The van der Waals surface area contributed by atoms with Crippen molar-refractivity contribution in [2.75, 3.05) is 0 Å². The van der Waals surface area contributed by atoms with Gasteiger partial charge in [0, 0.05) is 10.9 Å². The molecule has 1 heterocycles. The lowest BCUT2D eigenvalue weighted by Gasteiger charge is -2.18. The molecule has 2 aromatic rings. The Hall–Kier alpha value is -1.37. The maximum Gasteiger partial charge on any atom is 0.188 e. The van der Waals surface area contributed by atoms with Gasteiger partial charge in [-0.1, -0.05) is 42.5 Å². The van der Waals surface area contributed by atoms with Crippen molar-refractivity contribution in [3.05, 3.63) is 48.5 Å². The molecule has 3 rings (SSSR count). The maximum absolute atomic E-state index is 5.62. The minimum Gasteiger partial charge on any atom is -0.460 e. The zero-order valence-electron chi connectivity index (χ0n) is 7.97. The highest BCUT2D eigenvalue weighted by Crippen LogP contribution is 2.38. The summed E-state index contributed by atoms with van der Waals surface area (Å²) < 4.78 is 5.62. The third-order valence-electron chi connectivity index (χ3n) is 2.32. The summed E-state index contributed by atoms with van der Waals surface area (Å²) in [6.45, 7) is 0. The van der Waals surface area contributed by atoms with E-state index < -0.39 is 0 Å². The van der Waals surface area contributed by atoms with E-state index in [1.807, 2.05) is 24.3 Å². The van der Waals surface area contributed by atoms with Crippen molar-refractivity contribution in [2.45, 2.75) is 0 Å². The molecule has 1 aliphatic heterocycles. The van der Waals surface area contributed by atoms with Gasteiger partial charge in [-0.3, -0.25) is 0 Å². The first kappa shape index (κ1) is 10.2. The van der Waals surface area contributed by atoms with Crippen LogP contribution in [-0.2, 0) is 0 Å². The van der Waals surface area contributed by atoms with Gasteiger partial charge < -0.3 is 10.00 Å². The van der Waals surface area contributed by atoms with Gasteiger partial charge in [0.05, 0.1) is 0 Å². The van der Waals surface area contributed by atoms with Crippen molar-refractivity contribution in [3.63, 3.8) is 0 Å². The molecule has 3 heteroatoms. The molecular weight excluding hydrogens is 207 g/mol. The highest BCUT2D eigenvalue weighted by molar-refractivity contribution is 7.43. The quantitative estimate of drug-likeness (QED) is 0.624. The zero-order valence-corrected chi connectivity index (χ0v) is 8.87. The summed E-state index contributed by atoms with van der Waals surface area (Å²) in [7, 11) is 0.936. The second kappa shape index (κ2) is 4.01. The summed E-state index contributed by atoms with van der Waals surface area (Å²) in [5, 5.41) is 1.24. The summed E-state index contributed by atoms with van der Waals surface area (Å²) in [5.74, 6) is 0.980. The molecule has 0 atom stereocenters. The highest BCUT2D eigenvalue weighted by atomic mass is 31.1. The summed E-state index contributed by atoms with van der Waals surface area (Å²) in [4.78, 5) is 0. The molecule has 0 saturated heterocycles. The van der Waals surface area contributed by atoms with E-state index in [9.17, 15) is 0 Å². The zero-order chi connectivity index (χ0) is 9.38. The van der Waals surface area contributed by atoms with Crippen LogP contribution in [0, 0.1) is 0 Å². The van der Waals surface area contributed by atoms with E-state index in [0.29, 0.717) is 0 Å². The van der Waals surface area contributed by atoms with E-state index in [0.717, 1.165) is 14.6 Å². The minimum absolute atomic E-state index is 0. The van der Waals surface area contributed by atoms with Gasteiger partial charge in [0.2, 0.25) is 0 Å². The molecule has 0 bridgehead atoms. The Bertz CT molecular complexity index is 437. The van der Waals surface area contributed by atoms with Gasteiger partial charge >= 0.3 is 0 Å². The Morgan fingerprint density at radius 2 is 1.47 bits per heavy atom. The van der Waals surface area contributed by atoms with Gasteiger partial charge in [-0.15, -0.1) is 0 Å². The number of rotatable bonds is 0. The maximum atomic E-state index is 5.62. The fourth-order valence-electron chi connectivity index (χ4n) is 1.65. The van der Waals surface area contributed by atoms with Crippen molar-refractivity contribution in [3.8, 4) is 16.9 Å². The second-order valence-corrected chi connectivity index (χ2v) is 4.04. The summed E-state index contributed by atoms with van der Waals surface area (Å²) in [6.07, 6.45) is 0. The van der Waals surface area contributed by atoms with Crippen LogP contribution >= 0.6 is 8.81 Å². The number of benzene rings is 2. The number of hydrogen-bond acceptors (Lipinski definition) is 1. The fraction of sp³-hybridized carbons (Fsp3) is 0. The molecule has 15 heavy (non-hydrogen) atoms. The standard InChI is InChI=1S/C12H8OP.H2O/c1-3-7-11-9(5-1)10-6-2-4-8-12(10)14-13-11;/h1-8H;1H2. The summed E-state index contributed by atoms with van der Waals surface area (Å²) in [5.41, 5.74) is 2.48. The highest BCUT2D eigenvalue weighted by Gasteiger charge is 2.16. The van der Waals surface area contributed by atoms with Crippen LogP contribution < -0.4 is 9.83 Å². The molecule has 2 aromatic carbocycles. The van der Waals surface area contributed by atoms with Crippen LogP contribution in [0.2, 0.25) is 0 Å². The molecule has 0 aliphatic carbocycles. The average molecular weight is 217 g/mol. The number of hydrogen-bond donors (Lipinski definition) is 0. The van der Waals surface area contributed by atoms with Crippen molar-refractivity contribution in [1.82, 2.24) is 0 Å². The van der Waals surface area contributed by atoms with Crippen molar-refractivity contribution < 1.29 is 10.00 Å². The van der Waals surface area contributed by atoms with Gasteiger partial charge in [-0.25, -0.2) is 0 Å². The van der Waals surface area contributed by atoms with E-state index in [-0.39, 0.29) is 5.48 Å². The molecule has 0 spiro atoms. The second-order valence-electron chi connectivity index (χ2n) is 3.20. The van der Waals surface area contributed by atoms with Crippen molar-refractivity contribution >= 4 is 14.1 Å². The Kier molecular flexibility index (Phi) is 2.72. The first-order valence-electron chi connectivity index (χ1n) is 4.52. The Labute approximate surface area is 90.1 Å². The SMILES string of the molecule is O.c1ccc2c(c1)O[P]c1ccccc1-2. The van der Waals surface area contributed by atoms with E-state index in [1.54, 1.807) is 0 Å².